The lowest BCUT2D eigenvalue weighted by Gasteiger charge is -2.49. The molecule has 2 unspecified atom stereocenters. The van der Waals surface area contributed by atoms with Crippen LogP contribution in [0, 0.1) is 0 Å². The van der Waals surface area contributed by atoms with Gasteiger partial charge < -0.3 is 26.7 Å². The monoisotopic (exact) mass is 606 g/mol. The molecule has 2 aromatic heterocycles. The van der Waals surface area contributed by atoms with Crippen LogP contribution >= 0.6 is 34.9 Å². The number of fused-ring (bicyclic) bond motifs is 1. The van der Waals surface area contributed by atoms with Gasteiger partial charge in [0.2, 0.25) is 5.16 Å². The van der Waals surface area contributed by atoms with E-state index in [1.165, 1.54) is 28.4 Å². The van der Waals surface area contributed by atoms with E-state index >= 15 is 0 Å². The topological polar surface area (TPSA) is 217 Å². The first-order valence-corrected chi connectivity index (χ1v) is 15.2. The van der Waals surface area contributed by atoms with E-state index in [4.69, 9.17) is 16.3 Å². The molecule has 1 fully saturated rings. The average Bonchev–Trinajstić information content (AvgIpc) is 3.71. The fourth-order valence-corrected chi connectivity index (χ4v) is 7.20. The van der Waals surface area contributed by atoms with Gasteiger partial charge in [-0.05, 0) is 47.9 Å². The molecule has 2 amide bonds. The van der Waals surface area contributed by atoms with Crippen molar-refractivity contribution in [2.75, 3.05) is 23.8 Å². The third-order valence-electron chi connectivity index (χ3n) is 6.22. The molecule has 40 heavy (non-hydrogen) atoms. The summed E-state index contributed by atoms with van der Waals surface area (Å²) in [6.45, 7) is 1.03. The highest BCUT2D eigenvalue weighted by atomic mass is 32.2. The minimum atomic E-state index is -1.22. The van der Waals surface area contributed by atoms with Crippen LogP contribution in [0.3, 0.4) is 0 Å². The molecular weight excluding hydrogens is 581 g/mol. The Bertz CT molecular complexity index is 1400. The number of nitrogens with one attached hydrogen (secondary N) is 1. The number of nitrogens with zero attached hydrogens (tertiary/aromatic N) is 7. The molecule has 0 radical (unpaired) electrons. The zero-order valence-corrected chi connectivity index (χ0v) is 23.5. The maximum atomic E-state index is 13.2. The maximum absolute atomic E-state index is 13.2. The molecule has 18 heteroatoms. The van der Waals surface area contributed by atoms with Gasteiger partial charge in [0.1, 0.15) is 28.6 Å². The fourth-order valence-electron chi connectivity index (χ4n) is 4.27. The SMILES string of the molecule is NCCCn1nnnc1SCC1=C(C(=O)O)N2C(=O)C(NC(=O)/C(=N/OC3=CCCC3)c3csc(N)n3)C2SC1. The number of hydrogen-bond donors (Lipinski definition) is 4. The number of aryl methyl sites for hydroxylation is 1. The predicted octanol–water partition coefficient (Wildman–Crippen LogP) is 0.380. The minimum Gasteiger partial charge on any atom is -0.477 e. The second-order valence-corrected chi connectivity index (χ2v) is 11.8. The molecule has 1 aliphatic carbocycles. The van der Waals surface area contributed by atoms with Crippen LogP contribution in [0.15, 0.2) is 38.8 Å². The first-order valence-electron chi connectivity index (χ1n) is 12.3. The summed E-state index contributed by atoms with van der Waals surface area (Å²) in [4.78, 5) is 49.4. The van der Waals surface area contributed by atoms with Crippen LogP contribution in [0.1, 0.15) is 31.4 Å². The number of aromatic nitrogens is 5. The van der Waals surface area contributed by atoms with Crippen LogP contribution in [0.25, 0.3) is 0 Å². The maximum Gasteiger partial charge on any atom is 0.352 e. The van der Waals surface area contributed by atoms with Crippen molar-refractivity contribution in [2.45, 2.75) is 48.8 Å². The molecule has 0 aromatic carbocycles. The number of tetrazole rings is 1. The Balaban J connectivity index is 1.29. The van der Waals surface area contributed by atoms with Crippen LogP contribution in [-0.2, 0) is 25.8 Å². The number of nitrogens with two attached hydrogens (primary N) is 2. The highest BCUT2D eigenvalue weighted by molar-refractivity contribution is 8.01. The number of allylic oxidation sites excluding steroid dienone is 2. The lowest BCUT2D eigenvalue weighted by atomic mass is 10.0. The highest BCUT2D eigenvalue weighted by Crippen LogP contribution is 2.41. The normalized spacial score (nSPS) is 20.7. The number of carbonyl (C=O) groups is 3. The number of carboxylic acid groups (broad SMARTS) is 1. The second kappa shape index (κ2) is 12.4. The predicted molar refractivity (Wildman–Crippen MR) is 148 cm³/mol. The van der Waals surface area contributed by atoms with Crippen LogP contribution < -0.4 is 16.8 Å². The Morgan fingerprint density at radius 1 is 1.38 bits per heavy atom. The molecule has 3 aliphatic rings. The molecule has 0 spiro atoms. The summed E-state index contributed by atoms with van der Waals surface area (Å²) in [5.74, 6) is -1.15. The zero-order chi connectivity index (χ0) is 28.2. The first kappa shape index (κ1) is 28.1. The quantitative estimate of drug-likeness (QED) is 0.111. The molecular formula is C22H26N10O5S3. The van der Waals surface area contributed by atoms with Gasteiger partial charge in [-0.1, -0.05) is 16.9 Å². The van der Waals surface area contributed by atoms with Crippen molar-refractivity contribution in [3.8, 4) is 0 Å². The molecule has 15 nitrogen and oxygen atoms in total. The third-order valence-corrected chi connectivity index (χ3v) is 9.28. The van der Waals surface area contributed by atoms with Gasteiger partial charge >= 0.3 is 5.97 Å². The van der Waals surface area contributed by atoms with Crippen molar-refractivity contribution in [1.82, 2.24) is 35.4 Å². The summed E-state index contributed by atoms with van der Waals surface area (Å²) in [6.07, 6.45) is 5.11. The summed E-state index contributed by atoms with van der Waals surface area (Å²) in [5.41, 5.74) is 11.9. The van der Waals surface area contributed by atoms with Crippen LogP contribution in [0.5, 0.6) is 0 Å². The van der Waals surface area contributed by atoms with Crippen molar-refractivity contribution < 1.29 is 24.3 Å². The molecule has 6 N–H and O–H groups in total. The third kappa shape index (κ3) is 5.84. The van der Waals surface area contributed by atoms with Gasteiger partial charge in [-0.3, -0.25) is 14.5 Å². The number of oxime groups is 1. The van der Waals surface area contributed by atoms with Crippen LogP contribution in [0.2, 0.25) is 0 Å². The molecule has 0 saturated carbocycles. The molecule has 0 bridgehead atoms. The minimum absolute atomic E-state index is 0.0922. The Morgan fingerprint density at radius 2 is 2.23 bits per heavy atom. The van der Waals surface area contributed by atoms with Gasteiger partial charge in [0.15, 0.2) is 10.8 Å². The summed E-state index contributed by atoms with van der Waals surface area (Å²) < 4.78 is 1.61. The Kier molecular flexibility index (Phi) is 8.67. The van der Waals surface area contributed by atoms with Gasteiger partial charge in [-0.15, -0.1) is 28.2 Å². The van der Waals surface area contributed by atoms with E-state index in [0.717, 1.165) is 24.2 Å². The van der Waals surface area contributed by atoms with E-state index in [0.29, 0.717) is 48.2 Å². The number of amides is 2. The molecule has 2 atom stereocenters. The van der Waals surface area contributed by atoms with Gasteiger partial charge in [0.05, 0.1) is 0 Å². The fraction of sp³-hybridized carbons (Fsp3) is 0.455. The number of anilines is 1. The van der Waals surface area contributed by atoms with E-state index in [9.17, 15) is 19.5 Å². The number of thiazole rings is 1. The van der Waals surface area contributed by atoms with E-state index in [2.05, 4.69) is 31.0 Å². The lowest BCUT2D eigenvalue weighted by molar-refractivity contribution is -0.150. The van der Waals surface area contributed by atoms with Crippen molar-refractivity contribution in [3.05, 3.63) is 34.2 Å². The first-order chi connectivity index (χ1) is 19.4. The average molecular weight is 607 g/mol. The summed E-state index contributed by atoms with van der Waals surface area (Å²) >= 11 is 3.79. The van der Waals surface area contributed by atoms with Crippen molar-refractivity contribution in [3.63, 3.8) is 0 Å². The number of carbonyl (C=O) groups excluding carboxylic acids is 2. The number of carboxylic acids is 1. The molecule has 212 valence electrons. The number of hydrogen-bond acceptors (Lipinski definition) is 14. The lowest BCUT2D eigenvalue weighted by Crippen LogP contribution is -2.71. The van der Waals surface area contributed by atoms with Crippen molar-refractivity contribution >= 4 is 63.5 Å². The van der Waals surface area contributed by atoms with Gasteiger partial charge in [0.25, 0.3) is 11.8 Å². The standard InChI is InChI=1S/C22H26N10O5S3/c23-6-3-7-31-22(27-29-30-31)40-9-11-8-38-19-15(18(34)32(19)16(11)20(35)36)26-17(33)14(13-10-39-21(24)25-13)28-37-12-4-1-2-5-12/h4,10,15,19H,1-3,5-9,23H2,(H2,24,25)(H,26,33)(H,35,36)/b28-14+. The van der Waals surface area contributed by atoms with E-state index in [-0.39, 0.29) is 28.0 Å². The highest BCUT2D eigenvalue weighted by Gasteiger charge is 2.54. The van der Waals surface area contributed by atoms with E-state index < -0.39 is 29.2 Å². The number of aliphatic carboxylic acids is 1. The van der Waals surface area contributed by atoms with Crippen molar-refractivity contribution in [1.29, 1.82) is 0 Å². The van der Waals surface area contributed by atoms with Gasteiger partial charge in [-0.2, -0.15) is 0 Å². The molecule has 2 aliphatic heterocycles. The Hall–Kier alpha value is -3.48. The van der Waals surface area contributed by atoms with Gasteiger partial charge in [0, 0.05) is 29.9 Å². The molecule has 2 aromatic rings. The zero-order valence-electron chi connectivity index (χ0n) is 21.1. The summed E-state index contributed by atoms with van der Waals surface area (Å²) in [5, 5.41) is 30.1. The van der Waals surface area contributed by atoms with Crippen LogP contribution in [-0.4, -0.2) is 88.2 Å². The second-order valence-electron chi connectivity index (χ2n) is 8.90. The number of nitrogen functional groups attached to an aromatic ring is 1. The smallest absolute Gasteiger partial charge is 0.352 e. The summed E-state index contributed by atoms with van der Waals surface area (Å²) in [7, 11) is 0. The molecule has 1 saturated heterocycles. The largest absolute Gasteiger partial charge is 0.477 e. The number of β-lactam (4-membered cyclic amide) rings is 1. The molecule has 4 heterocycles. The van der Waals surface area contributed by atoms with E-state index in [1.54, 1.807) is 10.1 Å². The van der Waals surface area contributed by atoms with E-state index in [1.807, 2.05) is 6.08 Å². The molecule has 5 rings (SSSR count). The number of rotatable bonds is 12. The number of thioether (sulfide) groups is 2. The Morgan fingerprint density at radius 3 is 2.92 bits per heavy atom. The van der Waals surface area contributed by atoms with Gasteiger partial charge in [-0.25, -0.2) is 14.5 Å². The van der Waals surface area contributed by atoms with Crippen molar-refractivity contribution in [2.24, 2.45) is 10.9 Å². The van der Waals surface area contributed by atoms with Crippen LogP contribution in [0.4, 0.5) is 5.13 Å². The Labute approximate surface area is 240 Å². The summed E-state index contributed by atoms with van der Waals surface area (Å²) in [6, 6.07) is -0.948.